The summed E-state index contributed by atoms with van der Waals surface area (Å²) in [5, 5.41) is 7.61. The first-order valence-electron chi connectivity index (χ1n) is 8.86. The van der Waals surface area contributed by atoms with Crippen LogP contribution in [0.5, 0.6) is 0 Å². The largest absolute Gasteiger partial charge is 0.362 e. The van der Waals surface area contributed by atoms with Crippen LogP contribution in [-0.4, -0.2) is 41.3 Å². The number of anilines is 1. The molecule has 0 radical (unpaired) electrons. The van der Waals surface area contributed by atoms with Gasteiger partial charge >= 0.3 is 0 Å². The third-order valence-corrected chi connectivity index (χ3v) is 5.40. The molecule has 2 aromatic carbocycles. The van der Waals surface area contributed by atoms with E-state index in [0.29, 0.717) is 23.8 Å². The van der Waals surface area contributed by atoms with Gasteiger partial charge < -0.3 is 15.5 Å². The average molecular weight is 422 g/mol. The Bertz CT molecular complexity index is 764. The summed E-state index contributed by atoms with van der Waals surface area (Å²) in [6, 6.07) is 15.2. The van der Waals surface area contributed by atoms with Crippen molar-refractivity contribution in [2.45, 2.75) is 18.7 Å². The molecule has 0 fully saturated rings. The van der Waals surface area contributed by atoms with E-state index in [9.17, 15) is 4.79 Å². The fourth-order valence-electron chi connectivity index (χ4n) is 2.46. The smallest absolute Gasteiger partial charge is 0.253 e. The van der Waals surface area contributed by atoms with Gasteiger partial charge in [0.05, 0.1) is 0 Å². The lowest BCUT2D eigenvalue weighted by Gasteiger charge is -2.19. The molecule has 0 heterocycles. The molecule has 0 aromatic heterocycles. The van der Waals surface area contributed by atoms with Crippen LogP contribution in [0.15, 0.2) is 53.4 Å². The van der Waals surface area contributed by atoms with Crippen molar-refractivity contribution in [3.8, 4) is 0 Å². The van der Waals surface area contributed by atoms with E-state index >= 15 is 0 Å². The Morgan fingerprint density at radius 1 is 1.15 bits per heavy atom. The molecule has 0 aliphatic heterocycles. The van der Waals surface area contributed by atoms with E-state index in [-0.39, 0.29) is 5.91 Å². The van der Waals surface area contributed by atoms with E-state index in [4.69, 9.17) is 23.8 Å². The van der Waals surface area contributed by atoms with Crippen molar-refractivity contribution in [3.63, 3.8) is 0 Å². The van der Waals surface area contributed by atoms with Crippen LogP contribution in [0.1, 0.15) is 24.2 Å². The standard InChI is InChI=1S/C20H24ClN3OS2/c1-3-24(4-2)19(25)15-6-5-7-17(14-15)23-20(26)22-12-13-27-18-10-8-16(21)9-11-18/h5-11,14H,3-4,12-13H2,1-2H3,(H2,22,23,26). The number of rotatable bonds is 8. The van der Waals surface area contributed by atoms with Crippen LogP contribution >= 0.6 is 35.6 Å². The minimum atomic E-state index is 0.0295. The van der Waals surface area contributed by atoms with Gasteiger partial charge in [-0.2, -0.15) is 0 Å². The zero-order valence-corrected chi connectivity index (χ0v) is 17.9. The molecule has 2 rings (SSSR count). The van der Waals surface area contributed by atoms with E-state index in [2.05, 4.69) is 10.6 Å². The molecular weight excluding hydrogens is 398 g/mol. The molecule has 0 spiro atoms. The number of nitrogens with one attached hydrogen (secondary N) is 2. The highest BCUT2D eigenvalue weighted by molar-refractivity contribution is 7.99. The lowest BCUT2D eigenvalue weighted by atomic mass is 10.1. The molecule has 0 unspecified atom stereocenters. The van der Waals surface area contributed by atoms with Gasteiger partial charge in [0.1, 0.15) is 0 Å². The van der Waals surface area contributed by atoms with E-state index in [1.165, 1.54) is 4.90 Å². The topological polar surface area (TPSA) is 44.4 Å². The summed E-state index contributed by atoms with van der Waals surface area (Å²) in [6.07, 6.45) is 0. The summed E-state index contributed by atoms with van der Waals surface area (Å²) in [4.78, 5) is 15.4. The maximum atomic E-state index is 12.5. The Kier molecular flexibility index (Phi) is 8.91. The third-order valence-electron chi connectivity index (χ3n) is 3.89. The normalized spacial score (nSPS) is 10.3. The number of thiocarbonyl (C=S) groups is 1. The number of hydrogen-bond donors (Lipinski definition) is 2. The Labute approximate surface area is 175 Å². The Morgan fingerprint density at radius 3 is 2.52 bits per heavy atom. The van der Waals surface area contributed by atoms with Crippen LogP contribution in [-0.2, 0) is 0 Å². The van der Waals surface area contributed by atoms with Crippen molar-refractivity contribution in [1.29, 1.82) is 0 Å². The van der Waals surface area contributed by atoms with Crippen LogP contribution in [0.25, 0.3) is 0 Å². The maximum Gasteiger partial charge on any atom is 0.253 e. The molecule has 2 aromatic rings. The second-order valence-corrected chi connectivity index (χ2v) is 7.75. The zero-order valence-electron chi connectivity index (χ0n) is 15.5. The number of carbonyl (C=O) groups excluding carboxylic acids is 1. The van der Waals surface area contributed by atoms with Gasteiger partial charge in [-0.3, -0.25) is 4.79 Å². The van der Waals surface area contributed by atoms with Crippen molar-refractivity contribution in [2.24, 2.45) is 0 Å². The molecular formula is C20H24ClN3OS2. The number of carbonyl (C=O) groups is 1. The first-order valence-corrected chi connectivity index (χ1v) is 10.6. The SMILES string of the molecule is CCN(CC)C(=O)c1cccc(NC(=S)NCCSc2ccc(Cl)cc2)c1. The van der Waals surface area contributed by atoms with Crippen molar-refractivity contribution in [3.05, 3.63) is 59.1 Å². The van der Waals surface area contributed by atoms with Gasteiger partial charge in [-0.25, -0.2) is 0 Å². The molecule has 0 saturated heterocycles. The first-order chi connectivity index (χ1) is 13.0. The van der Waals surface area contributed by atoms with Crippen LogP contribution in [0.4, 0.5) is 5.69 Å². The maximum absolute atomic E-state index is 12.5. The lowest BCUT2D eigenvalue weighted by molar-refractivity contribution is 0.0773. The quantitative estimate of drug-likeness (QED) is 0.360. The number of nitrogens with zero attached hydrogens (tertiary/aromatic N) is 1. The zero-order chi connectivity index (χ0) is 19.6. The van der Waals surface area contributed by atoms with Crippen molar-refractivity contribution < 1.29 is 4.79 Å². The van der Waals surface area contributed by atoms with Crippen LogP contribution < -0.4 is 10.6 Å². The van der Waals surface area contributed by atoms with Gasteiger partial charge in [-0.15, -0.1) is 11.8 Å². The minimum absolute atomic E-state index is 0.0295. The minimum Gasteiger partial charge on any atom is -0.362 e. The second kappa shape index (κ2) is 11.2. The van der Waals surface area contributed by atoms with Crippen molar-refractivity contribution >= 4 is 52.3 Å². The summed E-state index contributed by atoms with van der Waals surface area (Å²) in [7, 11) is 0. The lowest BCUT2D eigenvalue weighted by Crippen LogP contribution is -2.31. The predicted molar refractivity (Wildman–Crippen MR) is 120 cm³/mol. The molecule has 27 heavy (non-hydrogen) atoms. The summed E-state index contributed by atoms with van der Waals surface area (Å²) >= 11 is 13.0. The van der Waals surface area contributed by atoms with E-state index in [0.717, 1.165) is 23.0 Å². The average Bonchev–Trinajstić information content (AvgIpc) is 2.67. The first kappa shape index (κ1) is 21.5. The van der Waals surface area contributed by atoms with Crippen LogP contribution in [0.2, 0.25) is 5.02 Å². The molecule has 2 N–H and O–H groups in total. The molecule has 4 nitrogen and oxygen atoms in total. The third kappa shape index (κ3) is 7.05. The second-order valence-electron chi connectivity index (χ2n) is 5.74. The highest BCUT2D eigenvalue weighted by Gasteiger charge is 2.12. The summed E-state index contributed by atoms with van der Waals surface area (Å²) in [6.45, 7) is 6.07. The van der Waals surface area contributed by atoms with Crippen molar-refractivity contribution in [1.82, 2.24) is 10.2 Å². The summed E-state index contributed by atoms with van der Waals surface area (Å²) in [5.74, 6) is 0.908. The highest BCUT2D eigenvalue weighted by Crippen LogP contribution is 2.19. The summed E-state index contributed by atoms with van der Waals surface area (Å²) in [5.41, 5.74) is 1.46. The molecule has 1 amide bonds. The molecule has 144 valence electrons. The van der Waals surface area contributed by atoms with Gasteiger partial charge in [0.15, 0.2) is 5.11 Å². The number of benzene rings is 2. The Balaban J connectivity index is 1.80. The van der Waals surface area contributed by atoms with E-state index in [1.807, 2.05) is 62.4 Å². The van der Waals surface area contributed by atoms with E-state index in [1.54, 1.807) is 16.7 Å². The Morgan fingerprint density at radius 2 is 1.85 bits per heavy atom. The fourth-order valence-corrected chi connectivity index (χ4v) is 3.58. The van der Waals surface area contributed by atoms with Gasteiger partial charge in [-0.1, -0.05) is 17.7 Å². The summed E-state index contributed by atoms with van der Waals surface area (Å²) < 4.78 is 0. The Hall–Kier alpha value is -1.76. The van der Waals surface area contributed by atoms with Gasteiger partial charge in [0.2, 0.25) is 0 Å². The van der Waals surface area contributed by atoms with Gasteiger partial charge in [-0.05, 0) is 68.5 Å². The fraction of sp³-hybridized carbons (Fsp3) is 0.300. The molecule has 0 saturated carbocycles. The highest BCUT2D eigenvalue weighted by atomic mass is 35.5. The molecule has 0 aliphatic carbocycles. The van der Waals surface area contributed by atoms with Gasteiger partial charge in [0, 0.05) is 46.6 Å². The molecule has 0 bridgehead atoms. The molecule has 0 atom stereocenters. The number of thioether (sulfide) groups is 1. The monoisotopic (exact) mass is 421 g/mol. The van der Waals surface area contributed by atoms with Crippen molar-refractivity contribution in [2.75, 3.05) is 30.7 Å². The molecule has 0 aliphatic rings. The number of hydrogen-bond acceptors (Lipinski definition) is 3. The van der Waals surface area contributed by atoms with Crippen LogP contribution in [0, 0.1) is 0 Å². The van der Waals surface area contributed by atoms with Gasteiger partial charge in [0.25, 0.3) is 5.91 Å². The van der Waals surface area contributed by atoms with E-state index < -0.39 is 0 Å². The number of amides is 1. The number of halogens is 1. The van der Waals surface area contributed by atoms with Crippen LogP contribution in [0.3, 0.4) is 0 Å². The molecule has 7 heteroatoms. The predicted octanol–water partition coefficient (Wildman–Crippen LogP) is 4.90.